The summed E-state index contributed by atoms with van der Waals surface area (Å²) in [5, 5.41) is 3.40. The topological polar surface area (TPSA) is 32.3 Å². The molecule has 1 fully saturated rings. The van der Waals surface area contributed by atoms with E-state index in [0.29, 0.717) is 6.54 Å². The van der Waals surface area contributed by atoms with E-state index in [2.05, 4.69) is 26.1 Å². The van der Waals surface area contributed by atoms with Crippen LogP contribution in [0.15, 0.2) is 0 Å². The average molecular weight is 226 g/mol. The minimum Gasteiger partial charge on any atom is -0.342 e. The molecule has 0 aromatic heterocycles. The molecule has 16 heavy (non-hydrogen) atoms. The third-order valence-corrected chi connectivity index (χ3v) is 3.94. The van der Waals surface area contributed by atoms with Gasteiger partial charge in [0.05, 0.1) is 6.54 Å². The van der Waals surface area contributed by atoms with Crippen molar-refractivity contribution in [2.45, 2.75) is 58.4 Å². The molecule has 0 saturated carbocycles. The van der Waals surface area contributed by atoms with Gasteiger partial charge < -0.3 is 10.2 Å². The van der Waals surface area contributed by atoms with Crippen molar-refractivity contribution in [2.24, 2.45) is 0 Å². The Hall–Kier alpha value is -0.570. The van der Waals surface area contributed by atoms with Crippen molar-refractivity contribution >= 4 is 5.91 Å². The highest BCUT2D eigenvalue weighted by Gasteiger charge is 2.22. The molecule has 1 heterocycles. The van der Waals surface area contributed by atoms with Crippen molar-refractivity contribution in [1.82, 2.24) is 10.2 Å². The number of rotatable bonds is 5. The number of amides is 1. The number of carbonyl (C=O) groups excluding carboxylic acids is 1. The number of nitrogens with zero attached hydrogens (tertiary/aromatic N) is 1. The highest BCUT2D eigenvalue weighted by Crippen LogP contribution is 2.13. The summed E-state index contributed by atoms with van der Waals surface area (Å²) >= 11 is 0. The molecule has 0 atom stereocenters. The van der Waals surface area contributed by atoms with E-state index in [-0.39, 0.29) is 11.4 Å². The standard InChI is InChI=1S/C13H26N2O/c1-4-13(3,5-2)14-11-12(16)15-9-7-6-8-10-15/h14H,4-11H2,1-3H3. The van der Waals surface area contributed by atoms with E-state index in [0.717, 1.165) is 25.9 Å². The fraction of sp³-hybridized carbons (Fsp3) is 0.923. The maximum Gasteiger partial charge on any atom is 0.236 e. The van der Waals surface area contributed by atoms with Gasteiger partial charge >= 0.3 is 0 Å². The Morgan fingerprint density at radius 2 is 1.75 bits per heavy atom. The van der Waals surface area contributed by atoms with Crippen LogP contribution in [0, 0.1) is 0 Å². The Morgan fingerprint density at radius 3 is 2.25 bits per heavy atom. The Labute approximate surface area is 99.6 Å². The molecule has 0 unspecified atom stereocenters. The molecule has 1 aliphatic heterocycles. The number of likely N-dealkylation sites (tertiary alicyclic amines) is 1. The molecule has 94 valence electrons. The number of piperidine rings is 1. The average Bonchev–Trinajstić information content (AvgIpc) is 2.36. The maximum atomic E-state index is 11.9. The zero-order valence-corrected chi connectivity index (χ0v) is 11.0. The normalized spacial score (nSPS) is 17.6. The summed E-state index contributed by atoms with van der Waals surface area (Å²) in [6.45, 7) is 8.93. The van der Waals surface area contributed by atoms with Gasteiger partial charge in [0.2, 0.25) is 5.91 Å². The van der Waals surface area contributed by atoms with Crippen LogP contribution >= 0.6 is 0 Å². The fourth-order valence-corrected chi connectivity index (χ4v) is 2.04. The Bertz CT molecular complexity index is 218. The number of hydrogen-bond donors (Lipinski definition) is 1. The van der Waals surface area contributed by atoms with Crippen LogP contribution in [0.5, 0.6) is 0 Å². The van der Waals surface area contributed by atoms with Gasteiger partial charge in [-0.25, -0.2) is 0 Å². The second-order valence-electron chi connectivity index (χ2n) is 5.06. The van der Waals surface area contributed by atoms with E-state index >= 15 is 0 Å². The summed E-state index contributed by atoms with van der Waals surface area (Å²) in [4.78, 5) is 13.9. The van der Waals surface area contributed by atoms with Crippen molar-refractivity contribution < 1.29 is 4.79 Å². The van der Waals surface area contributed by atoms with Crippen LogP contribution in [-0.2, 0) is 4.79 Å². The Balaban J connectivity index is 2.33. The molecule has 1 rings (SSSR count). The summed E-state index contributed by atoms with van der Waals surface area (Å²) in [5.41, 5.74) is 0.117. The van der Waals surface area contributed by atoms with Gasteiger partial charge in [0.15, 0.2) is 0 Å². The Kier molecular flexibility index (Phi) is 5.26. The second-order valence-corrected chi connectivity index (χ2v) is 5.06. The molecule has 0 aromatic carbocycles. The van der Waals surface area contributed by atoms with Crippen molar-refractivity contribution in [3.05, 3.63) is 0 Å². The van der Waals surface area contributed by atoms with Gasteiger partial charge in [-0.05, 0) is 39.0 Å². The monoisotopic (exact) mass is 226 g/mol. The predicted octanol–water partition coefficient (Wildman–Crippen LogP) is 2.17. The van der Waals surface area contributed by atoms with Crippen LogP contribution in [0.25, 0.3) is 0 Å². The zero-order valence-electron chi connectivity index (χ0n) is 11.0. The Morgan fingerprint density at radius 1 is 1.19 bits per heavy atom. The van der Waals surface area contributed by atoms with Gasteiger partial charge in [-0.2, -0.15) is 0 Å². The smallest absolute Gasteiger partial charge is 0.236 e. The molecule has 3 nitrogen and oxygen atoms in total. The summed E-state index contributed by atoms with van der Waals surface area (Å²) in [5.74, 6) is 0.271. The number of hydrogen-bond acceptors (Lipinski definition) is 2. The van der Waals surface area contributed by atoms with Gasteiger partial charge in [-0.15, -0.1) is 0 Å². The molecule has 1 N–H and O–H groups in total. The molecule has 3 heteroatoms. The first kappa shape index (κ1) is 13.5. The van der Waals surface area contributed by atoms with Crippen molar-refractivity contribution in [3.8, 4) is 0 Å². The molecule has 0 aliphatic carbocycles. The molecule has 1 amide bonds. The van der Waals surface area contributed by atoms with Crippen molar-refractivity contribution in [1.29, 1.82) is 0 Å². The van der Waals surface area contributed by atoms with Gasteiger partial charge in [0, 0.05) is 18.6 Å². The molecular weight excluding hydrogens is 200 g/mol. The quantitative estimate of drug-likeness (QED) is 0.779. The summed E-state index contributed by atoms with van der Waals surface area (Å²) in [6.07, 6.45) is 5.75. The summed E-state index contributed by atoms with van der Waals surface area (Å²) in [7, 11) is 0. The number of nitrogens with one attached hydrogen (secondary N) is 1. The third kappa shape index (κ3) is 3.78. The second kappa shape index (κ2) is 6.24. The van der Waals surface area contributed by atoms with Crippen LogP contribution < -0.4 is 5.32 Å². The first-order valence-electron chi connectivity index (χ1n) is 6.64. The summed E-state index contributed by atoms with van der Waals surface area (Å²) < 4.78 is 0. The zero-order chi connectivity index (χ0) is 12.0. The van der Waals surface area contributed by atoms with Gasteiger partial charge in [-0.1, -0.05) is 13.8 Å². The maximum absolute atomic E-state index is 11.9. The molecule has 0 radical (unpaired) electrons. The van der Waals surface area contributed by atoms with Crippen LogP contribution in [-0.4, -0.2) is 36.0 Å². The van der Waals surface area contributed by atoms with E-state index in [4.69, 9.17) is 0 Å². The fourth-order valence-electron chi connectivity index (χ4n) is 2.04. The SMILES string of the molecule is CCC(C)(CC)NCC(=O)N1CCCCC1. The molecule has 1 saturated heterocycles. The lowest BCUT2D eigenvalue weighted by atomic mass is 9.95. The van der Waals surface area contributed by atoms with Gasteiger partial charge in [0.25, 0.3) is 0 Å². The lowest BCUT2D eigenvalue weighted by molar-refractivity contribution is -0.131. The van der Waals surface area contributed by atoms with E-state index < -0.39 is 0 Å². The minimum atomic E-state index is 0.117. The molecule has 0 aromatic rings. The van der Waals surface area contributed by atoms with Gasteiger partial charge in [-0.3, -0.25) is 4.79 Å². The van der Waals surface area contributed by atoms with E-state index in [1.165, 1.54) is 19.3 Å². The molecule has 0 spiro atoms. The van der Waals surface area contributed by atoms with Crippen LogP contribution in [0.4, 0.5) is 0 Å². The highest BCUT2D eigenvalue weighted by atomic mass is 16.2. The van der Waals surface area contributed by atoms with Crippen LogP contribution in [0.3, 0.4) is 0 Å². The predicted molar refractivity (Wildman–Crippen MR) is 67.4 cm³/mol. The highest BCUT2D eigenvalue weighted by molar-refractivity contribution is 5.78. The van der Waals surface area contributed by atoms with Crippen LogP contribution in [0.2, 0.25) is 0 Å². The number of carbonyl (C=O) groups is 1. The largest absolute Gasteiger partial charge is 0.342 e. The van der Waals surface area contributed by atoms with E-state index in [1.807, 2.05) is 4.90 Å². The first-order valence-corrected chi connectivity index (χ1v) is 6.64. The van der Waals surface area contributed by atoms with E-state index in [1.54, 1.807) is 0 Å². The van der Waals surface area contributed by atoms with Crippen molar-refractivity contribution in [3.63, 3.8) is 0 Å². The van der Waals surface area contributed by atoms with Crippen molar-refractivity contribution in [2.75, 3.05) is 19.6 Å². The van der Waals surface area contributed by atoms with Crippen LogP contribution in [0.1, 0.15) is 52.9 Å². The lowest BCUT2D eigenvalue weighted by Crippen LogP contribution is -2.48. The third-order valence-electron chi connectivity index (χ3n) is 3.94. The summed E-state index contributed by atoms with van der Waals surface area (Å²) in [6, 6.07) is 0. The minimum absolute atomic E-state index is 0.117. The van der Waals surface area contributed by atoms with Gasteiger partial charge in [0.1, 0.15) is 0 Å². The van der Waals surface area contributed by atoms with E-state index in [9.17, 15) is 4.79 Å². The molecular formula is C13H26N2O. The first-order chi connectivity index (χ1) is 7.61. The lowest BCUT2D eigenvalue weighted by Gasteiger charge is -2.31. The molecule has 1 aliphatic rings. The molecule has 0 bridgehead atoms.